The maximum Gasteiger partial charge on any atom is 0.325 e. The van der Waals surface area contributed by atoms with E-state index in [2.05, 4.69) is 5.32 Å². The Morgan fingerprint density at radius 2 is 2.17 bits per heavy atom. The third kappa shape index (κ3) is 0.722. The normalized spacial score (nSPS) is 25.9. The van der Waals surface area contributed by atoms with E-state index in [0.717, 1.165) is 19.3 Å². The van der Waals surface area contributed by atoms with E-state index >= 15 is 0 Å². The molecule has 12 heavy (non-hydrogen) atoms. The Hall–Kier alpha value is -1.06. The summed E-state index contributed by atoms with van der Waals surface area (Å²) in [5.74, 6) is -0.0266. The third-order valence-electron chi connectivity index (χ3n) is 2.77. The minimum absolute atomic E-state index is 0.0266. The first-order valence-corrected chi connectivity index (χ1v) is 4.34. The molecule has 0 aromatic rings. The fourth-order valence-electron chi connectivity index (χ4n) is 1.83. The van der Waals surface area contributed by atoms with E-state index in [9.17, 15) is 9.59 Å². The highest BCUT2D eigenvalue weighted by atomic mass is 16.2. The number of hydrogen-bond donors (Lipinski definition) is 1. The number of imide groups is 1. The zero-order valence-electron chi connectivity index (χ0n) is 7.09. The monoisotopic (exact) mass is 168 g/mol. The molecule has 0 atom stereocenters. The second kappa shape index (κ2) is 2.21. The zero-order chi connectivity index (χ0) is 8.77. The number of carbonyl (C=O) groups excluding carboxylic acids is 2. The smallest absolute Gasteiger partial charge is 0.323 e. The van der Waals surface area contributed by atoms with Gasteiger partial charge in [-0.15, -0.1) is 0 Å². The van der Waals surface area contributed by atoms with Crippen molar-refractivity contribution in [3.05, 3.63) is 0 Å². The molecule has 66 valence electrons. The molecule has 0 aromatic carbocycles. The average Bonchev–Trinajstić information content (AvgIpc) is 2.22. The minimum Gasteiger partial charge on any atom is -0.323 e. The number of urea groups is 1. The van der Waals surface area contributed by atoms with Gasteiger partial charge in [-0.05, 0) is 26.2 Å². The summed E-state index contributed by atoms with van der Waals surface area (Å²) < 4.78 is 0. The van der Waals surface area contributed by atoms with Gasteiger partial charge < -0.3 is 5.32 Å². The minimum atomic E-state index is -0.493. The Bertz CT molecular complexity index is 245. The van der Waals surface area contributed by atoms with Gasteiger partial charge in [-0.1, -0.05) is 0 Å². The summed E-state index contributed by atoms with van der Waals surface area (Å²) >= 11 is 0. The van der Waals surface area contributed by atoms with Crippen molar-refractivity contribution in [2.24, 2.45) is 0 Å². The van der Waals surface area contributed by atoms with Crippen molar-refractivity contribution in [2.45, 2.75) is 31.7 Å². The fourth-order valence-corrected chi connectivity index (χ4v) is 1.83. The highest BCUT2D eigenvalue weighted by molar-refractivity contribution is 6.07. The van der Waals surface area contributed by atoms with Crippen LogP contribution >= 0.6 is 0 Å². The first-order chi connectivity index (χ1) is 5.69. The van der Waals surface area contributed by atoms with Gasteiger partial charge in [-0.25, -0.2) is 4.79 Å². The van der Waals surface area contributed by atoms with E-state index in [1.165, 1.54) is 4.90 Å². The van der Waals surface area contributed by atoms with E-state index in [1.807, 2.05) is 6.92 Å². The summed E-state index contributed by atoms with van der Waals surface area (Å²) in [5, 5.41) is 2.75. The maximum absolute atomic E-state index is 11.6. The van der Waals surface area contributed by atoms with Crippen LogP contribution in [0.5, 0.6) is 0 Å². The van der Waals surface area contributed by atoms with Gasteiger partial charge in [-0.3, -0.25) is 9.69 Å². The summed E-state index contributed by atoms with van der Waals surface area (Å²) in [6.07, 6.45) is 2.67. The molecule has 0 bridgehead atoms. The van der Waals surface area contributed by atoms with Crippen molar-refractivity contribution in [2.75, 3.05) is 6.54 Å². The molecule has 0 unspecified atom stereocenters. The topological polar surface area (TPSA) is 49.4 Å². The quantitative estimate of drug-likeness (QED) is 0.579. The Morgan fingerprint density at radius 1 is 1.50 bits per heavy atom. The van der Waals surface area contributed by atoms with Gasteiger partial charge in [0, 0.05) is 6.54 Å². The van der Waals surface area contributed by atoms with E-state index in [0.29, 0.717) is 6.54 Å². The van der Waals surface area contributed by atoms with Crippen LogP contribution in [0.1, 0.15) is 26.2 Å². The number of amides is 3. The highest BCUT2D eigenvalue weighted by Gasteiger charge is 2.54. The lowest BCUT2D eigenvalue weighted by Gasteiger charge is -2.34. The van der Waals surface area contributed by atoms with Gasteiger partial charge in [0.05, 0.1) is 0 Å². The summed E-state index contributed by atoms with van der Waals surface area (Å²) in [7, 11) is 0. The molecule has 4 heteroatoms. The van der Waals surface area contributed by atoms with Gasteiger partial charge in [0.1, 0.15) is 5.54 Å². The third-order valence-corrected chi connectivity index (χ3v) is 2.77. The molecule has 1 aliphatic carbocycles. The zero-order valence-corrected chi connectivity index (χ0v) is 7.09. The van der Waals surface area contributed by atoms with E-state index in [4.69, 9.17) is 0 Å². The van der Waals surface area contributed by atoms with E-state index in [-0.39, 0.29) is 11.9 Å². The molecule has 0 aromatic heterocycles. The number of rotatable bonds is 1. The fraction of sp³-hybridized carbons (Fsp3) is 0.750. The average molecular weight is 168 g/mol. The van der Waals surface area contributed by atoms with E-state index in [1.54, 1.807) is 0 Å². The van der Waals surface area contributed by atoms with Crippen LogP contribution in [0.4, 0.5) is 4.79 Å². The second-order valence-corrected chi connectivity index (χ2v) is 3.42. The molecule has 1 saturated carbocycles. The summed E-state index contributed by atoms with van der Waals surface area (Å²) in [6.45, 7) is 2.29. The Labute approximate surface area is 70.9 Å². The summed E-state index contributed by atoms with van der Waals surface area (Å²) in [4.78, 5) is 24.1. The van der Waals surface area contributed by atoms with Crippen molar-refractivity contribution in [1.82, 2.24) is 10.2 Å². The van der Waals surface area contributed by atoms with Gasteiger partial charge in [0.15, 0.2) is 0 Å². The molecule has 1 saturated heterocycles. The first kappa shape index (κ1) is 7.58. The lowest BCUT2D eigenvalue weighted by molar-refractivity contribution is -0.133. The lowest BCUT2D eigenvalue weighted by atomic mass is 9.77. The van der Waals surface area contributed by atoms with Crippen molar-refractivity contribution >= 4 is 11.9 Å². The molecule has 0 radical (unpaired) electrons. The molecule has 1 aliphatic heterocycles. The highest BCUT2D eigenvalue weighted by Crippen LogP contribution is 2.36. The van der Waals surface area contributed by atoms with Gasteiger partial charge in [0.2, 0.25) is 0 Å². The van der Waals surface area contributed by atoms with Crippen LogP contribution in [0.3, 0.4) is 0 Å². The second-order valence-electron chi connectivity index (χ2n) is 3.42. The molecule has 2 fully saturated rings. The van der Waals surface area contributed by atoms with Crippen LogP contribution in [0.15, 0.2) is 0 Å². The largest absolute Gasteiger partial charge is 0.325 e. The molecule has 2 rings (SSSR count). The lowest BCUT2D eigenvalue weighted by Crippen LogP contribution is -2.52. The van der Waals surface area contributed by atoms with Gasteiger partial charge in [0.25, 0.3) is 5.91 Å². The van der Waals surface area contributed by atoms with Gasteiger partial charge in [-0.2, -0.15) is 0 Å². The Balaban J connectivity index is 2.23. The van der Waals surface area contributed by atoms with Crippen molar-refractivity contribution in [3.8, 4) is 0 Å². The number of likely N-dealkylation sites (N-methyl/N-ethyl adjacent to an activating group) is 1. The number of nitrogens with zero attached hydrogens (tertiary/aromatic N) is 1. The molecule has 1 N–H and O–H groups in total. The SMILES string of the molecule is CCN1C(=O)NC2(CCC2)C1=O. The molecule has 2 aliphatic rings. The first-order valence-electron chi connectivity index (χ1n) is 4.34. The summed E-state index contributed by atoms with van der Waals surface area (Å²) in [5.41, 5.74) is -0.493. The molecule has 1 heterocycles. The summed E-state index contributed by atoms with van der Waals surface area (Å²) in [6, 6.07) is -0.220. The van der Waals surface area contributed by atoms with Gasteiger partial charge >= 0.3 is 6.03 Å². The molecule has 3 amide bonds. The number of hydrogen-bond acceptors (Lipinski definition) is 2. The number of carbonyl (C=O) groups is 2. The van der Waals surface area contributed by atoms with Crippen LogP contribution in [0.2, 0.25) is 0 Å². The molecular formula is C8H12N2O2. The molecule has 1 spiro atoms. The van der Waals surface area contributed by atoms with Crippen LogP contribution < -0.4 is 5.32 Å². The standard InChI is InChI=1S/C8H12N2O2/c1-2-10-6(11)8(4-3-5-8)9-7(10)12/h2-5H2,1H3,(H,9,12). The van der Waals surface area contributed by atoms with E-state index < -0.39 is 5.54 Å². The van der Waals surface area contributed by atoms with Crippen LogP contribution in [0.25, 0.3) is 0 Å². The molecular weight excluding hydrogens is 156 g/mol. The van der Waals surface area contributed by atoms with Crippen LogP contribution in [-0.4, -0.2) is 28.9 Å². The predicted octanol–water partition coefficient (Wildman–Crippen LogP) is 0.481. The van der Waals surface area contributed by atoms with Crippen LogP contribution in [0, 0.1) is 0 Å². The molecule has 4 nitrogen and oxygen atoms in total. The predicted molar refractivity (Wildman–Crippen MR) is 42.5 cm³/mol. The van der Waals surface area contributed by atoms with Crippen molar-refractivity contribution < 1.29 is 9.59 Å². The van der Waals surface area contributed by atoms with Crippen LogP contribution in [-0.2, 0) is 4.79 Å². The Morgan fingerprint density at radius 3 is 2.42 bits per heavy atom. The maximum atomic E-state index is 11.6. The number of nitrogens with one attached hydrogen (secondary N) is 1. The van der Waals surface area contributed by atoms with Crippen molar-refractivity contribution in [1.29, 1.82) is 0 Å². The van der Waals surface area contributed by atoms with Crippen molar-refractivity contribution in [3.63, 3.8) is 0 Å². The Kier molecular flexibility index (Phi) is 1.40.